The van der Waals surface area contributed by atoms with Crippen LogP contribution in [0.25, 0.3) is 0 Å². The van der Waals surface area contributed by atoms with Gasteiger partial charge in [-0.3, -0.25) is 0 Å². The van der Waals surface area contributed by atoms with Crippen molar-refractivity contribution in [3.8, 4) is 0 Å². The van der Waals surface area contributed by atoms with Gasteiger partial charge in [0.05, 0.1) is 0 Å². The Morgan fingerprint density at radius 1 is 1.38 bits per heavy atom. The van der Waals surface area contributed by atoms with Gasteiger partial charge >= 0.3 is 0 Å². The van der Waals surface area contributed by atoms with Gasteiger partial charge in [0.1, 0.15) is 12.1 Å². The summed E-state index contributed by atoms with van der Waals surface area (Å²) in [6.45, 7) is 1.90. The molecule has 0 saturated carbocycles. The maximum atomic E-state index is 13.1. The van der Waals surface area contributed by atoms with E-state index in [1.165, 1.54) is 12.1 Å². The fraction of sp³-hybridized carbons (Fsp3) is 0.462. The molecule has 0 amide bonds. The minimum atomic E-state index is -0.265. The number of hydrogen-bond acceptors (Lipinski definition) is 2. The molecule has 1 heterocycles. The smallest absolute Gasteiger partial charge is 0.127 e. The highest BCUT2D eigenvalue weighted by molar-refractivity contribution is 5.62. The maximum absolute atomic E-state index is 13.1. The molecule has 1 aromatic rings. The lowest BCUT2D eigenvalue weighted by Gasteiger charge is -2.27. The van der Waals surface area contributed by atoms with E-state index in [0.29, 0.717) is 5.92 Å². The molecule has 86 valence electrons. The Morgan fingerprint density at radius 2 is 2.12 bits per heavy atom. The Labute approximate surface area is 94.9 Å². The molecule has 2 rings (SSSR count). The van der Waals surface area contributed by atoms with Gasteiger partial charge in [0.15, 0.2) is 0 Å². The SMILES string of the molecule is O=CC(c1cccc(F)c1)C1CCNCC1. The number of nitrogens with one attached hydrogen (secondary N) is 1. The molecule has 0 spiro atoms. The lowest BCUT2D eigenvalue weighted by molar-refractivity contribution is -0.110. The van der Waals surface area contributed by atoms with Crippen LogP contribution in [0.2, 0.25) is 0 Å². The van der Waals surface area contributed by atoms with Crippen molar-refractivity contribution in [1.82, 2.24) is 5.32 Å². The minimum Gasteiger partial charge on any atom is -0.317 e. The monoisotopic (exact) mass is 221 g/mol. The second-order valence-corrected chi connectivity index (χ2v) is 4.30. The van der Waals surface area contributed by atoms with Crippen molar-refractivity contribution < 1.29 is 9.18 Å². The fourth-order valence-electron chi connectivity index (χ4n) is 2.38. The predicted octanol–water partition coefficient (Wildman–Crippen LogP) is 2.11. The van der Waals surface area contributed by atoms with Gasteiger partial charge in [-0.1, -0.05) is 12.1 Å². The van der Waals surface area contributed by atoms with Gasteiger partial charge in [-0.2, -0.15) is 0 Å². The van der Waals surface area contributed by atoms with Gasteiger partial charge in [-0.15, -0.1) is 0 Å². The van der Waals surface area contributed by atoms with Crippen LogP contribution in [0.1, 0.15) is 24.3 Å². The Bertz CT molecular complexity index is 361. The van der Waals surface area contributed by atoms with Crippen LogP contribution in [0.15, 0.2) is 24.3 Å². The normalized spacial score (nSPS) is 19.3. The summed E-state index contributed by atoms with van der Waals surface area (Å²) in [4.78, 5) is 11.2. The molecule has 1 saturated heterocycles. The number of carbonyl (C=O) groups is 1. The average molecular weight is 221 g/mol. The Balaban J connectivity index is 2.17. The van der Waals surface area contributed by atoms with Gasteiger partial charge in [0.2, 0.25) is 0 Å². The molecule has 0 aliphatic carbocycles. The van der Waals surface area contributed by atoms with E-state index >= 15 is 0 Å². The number of hydrogen-bond donors (Lipinski definition) is 1. The molecule has 16 heavy (non-hydrogen) atoms. The lowest BCUT2D eigenvalue weighted by Crippen LogP contribution is -2.31. The number of benzene rings is 1. The average Bonchev–Trinajstić information content (AvgIpc) is 2.31. The minimum absolute atomic E-state index is 0.155. The topological polar surface area (TPSA) is 29.1 Å². The summed E-state index contributed by atoms with van der Waals surface area (Å²) in [5.74, 6) is -0.0726. The molecule has 1 unspecified atom stereocenters. The largest absolute Gasteiger partial charge is 0.317 e. The van der Waals surface area contributed by atoms with Gasteiger partial charge in [0.25, 0.3) is 0 Å². The Morgan fingerprint density at radius 3 is 2.75 bits per heavy atom. The van der Waals surface area contributed by atoms with E-state index in [9.17, 15) is 9.18 Å². The summed E-state index contributed by atoms with van der Waals surface area (Å²) in [5, 5.41) is 3.27. The van der Waals surface area contributed by atoms with Gasteiger partial charge in [0, 0.05) is 5.92 Å². The molecule has 0 radical (unpaired) electrons. The van der Waals surface area contributed by atoms with E-state index in [4.69, 9.17) is 0 Å². The second-order valence-electron chi connectivity index (χ2n) is 4.30. The highest BCUT2D eigenvalue weighted by atomic mass is 19.1. The molecule has 1 fully saturated rings. The van der Waals surface area contributed by atoms with Gasteiger partial charge in [-0.25, -0.2) is 4.39 Å². The van der Waals surface area contributed by atoms with Crippen molar-refractivity contribution in [1.29, 1.82) is 0 Å². The summed E-state index contributed by atoms with van der Waals surface area (Å²) < 4.78 is 13.1. The van der Waals surface area contributed by atoms with Crippen LogP contribution in [0.5, 0.6) is 0 Å². The number of carbonyl (C=O) groups excluding carboxylic acids is 1. The van der Waals surface area contributed by atoms with Crippen molar-refractivity contribution in [2.75, 3.05) is 13.1 Å². The first-order valence-corrected chi connectivity index (χ1v) is 5.72. The number of halogens is 1. The first-order chi connectivity index (χ1) is 7.81. The molecule has 0 aromatic heterocycles. The van der Waals surface area contributed by atoms with Gasteiger partial charge < -0.3 is 10.1 Å². The van der Waals surface area contributed by atoms with Crippen LogP contribution in [-0.2, 0) is 4.79 Å². The van der Waals surface area contributed by atoms with Crippen molar-refractivity contribution in [2.45, 2.75) is 18.8 Å². The number of piperidine rings is 1. The van der Waals surface area contributed by atoms with Crippen LogP contribution in [0.3, 0.4) is 0 Å². The second kappa shape index (κ2) is 5.21. The molecule has 1 aromatic carbocycles. The summed E-state index contributed by atoms with van der Waals surface area (Å²) in [6.07, 6.45) is 2.94. The summed E-state index contributed by atoms with van der Waals surface area (Å²) in [7, 11) is 0. The summed E-state index contributed by atoms with van der Waals surface area (Å²) in [6, 6.07) is 6.39. The predicted molar refractivity (Wildman–Crippen MR) is 60.8 cm³/mol. The molecule has 2 nitrogen and oxygen atoms in total. The van der Waals surface area contributed by atoms with E-state index in [-0.39, 0.29) is 11.7 Å². The molecule has 1 aliphatic rings. The van der Waals surface area contributed by atoms with Crippen molar-refractivity contribution in [2.24, 2.45) is 5.92 Å². The third-order valence-electron chi connectivity index (χ3n) is 3.27. The van der Waals surface area contributed by atoms with E-state index in [1.807, 2.05) is 6.07 Å². The molecule has 1 atom stereocenters. The molecule has 1 N–H and O–H groups in total. The Hall–Kier alpha value is -1.22. The fourth-order valence-corrected chi connectivity index (χ4v) is 2.38. The summed E-state index contributed by atoms with van der Waals surface area (Å²) >= 11 is 0. The van der Waals surface area contributed by atoms with Crippen LogP contribution < -0.4 is 5.32 Å². The zero-order chi connectivity index (χ0) is 11.4. The van der Waals surface area contributed by atoms with E-state index in [1.54, 1.807) is 6.07 Å². The first-order valence-electron chi connectivity index (χ1n) is 5.72. The molecule has 3 heteroatoms. The van der Waals surface area contributed by atoms with Gasteiger partial charge in [-0.05, 0) is 49.5 Å². The lowest BCUT2D eigenvalue weighted by atomic mass is 9.81. The molecule has 1 aliphatic heterocycles. The van der Waals surface area contributed by atoms with E-state index in [0.717, 1.165) is 37.8 Å². The highest BCUT2D eigenvalue weighted by Gasteiger charge is 2.24. The quantitative estimate of drug-likeness (QED) is 0.792. The van der Waals surface area contributed by atoms with Crippen LogP contribution in [0, 0.1) is 11.7 Å². The molecule has 0 bridgehead atoms. The summed E-state index contributed by atoms with van der Waals surface area (Å²) in [5.41, 5.74) is 0.807. The zero-order valence-electron chi connectivity index (χ0n) is 9.16. The standard InChI is InChI=1S/C13H16FNO/c14-12-3-1-2-11(8-12)13(9-16)10-4-6-15-7-5-10/h1-3,8-10,13,15H,4-7H2. The number of aldehydes is 1. The Kier molecular flexibility index (Phi) is 3.67. The van der Waals surface area contributed by atoms with Crippen LogP contribution in [0.4, 0.5) is 4.39 Å². The van der Waals surface area contributed by atoms with Crippen molar-refractivity contribution >= 4 is 6.29 Å². The zero-order valence-corrected chi connectivity index (χ0v) is 9.16. The van der Waals surface area contributed by atoms with Crippen LogP contribution in [-0.4, -0.2) is 19.4 Å². The third-order valence-corrected chi connectivity index (χ3v) is 3.27. The van der Waals surface area contributed by atoms with Crippen molar-refractivity contribution in [3.05, 3.63) is 35.6 Å². The van der Waals surface area contributed by atoms with Crippen LogP contribution >= 0.6 is 0 Å². The first kappa shape index (κ1) is 11.3. The van der Waals surface area contributed by atoms with E-state index < -0.39 is 0 Å². The van der Waals surface area contributed by atoms with E-state index in [2.05, 4.69) is 5.32 Å². The molecular weight excluding hydrogens is 205 g/mol. The highest BCUT2D eigenvalue weighted by Crippen LogP contribution is 2.29. The maximum Gasteiger partial charge on any atom is 0.127 e. The third kappa shape index (κ3) is 2.47. The van der Waals surface area contributed by atoms with Crippen molar-refractivity contribution in [3.63, 3.8) is 0 Å². The number of rotatable bonds is 3. The molecular formula is C13H16FNO.